The summed E-state index contributed by atoms with van der Waals surface area (Å²) in [6.45, 7) is 9.52. The highest BCUT2D eigenvalue weighted by atomic mass is 35.5. The Morgan fingerprint density at radius 1 is 1.05 bits per heavy atom. The molecule has 0 bridgehead atoms. The summed E-state index contributed by atoms with van der Waals surface area (Å²) >= 11 is 0. The number of piperazine rings is 1. The van der Waals surface area contributed by atoms with E-state index in [0.29, 0.717) is 0 Å². The Morgan fingerprint density at radius 2 is 1.55 bits per heavy atom. The van der Waals surface area contributed by atoms with E-state index in [9.17, 15) is 4.79 Å². The largest absolute Gasteiger partial charge is 0.353 e. The molecule has 1 saturated heterocycles. The summed E-state index contributed by atoms with van der Waals surface area (Å²) in [6, 6.07) is 0. The molecule has 5 nitrogen and oxygen atoms in total. The summed E-state index contributed by atoms with van der Waals surface area (Å²) in [5.74, 6) is 0.0530. The minimum atomic E-state index is -0.582. The van der Waals surface area contributed by atoms with Crippen molar-refractivity contribution in [1.29, 1.82) is 0 Å². The lowest BCUT2D eigenvalue weighted by Gasteiger charge is -2.34. The Bertz CT molecular complexity index is 306. The first-order valence-electron chi connectivity index (χ1n) is 7.66. The van der Waals surface area contributed by atoms with Crippen LogP contribution < -0.4 is 11.1 Å². The average Bonchev–Trinajstić information content (AvgIpc) is 2.88. The van der Waals surface area contributed by atoms with E-state index in [4.69, 9.17) is 5.73 Å². The maximum atomic E-state index is 12.0. The molecule has 2 rings (SSSR count). The predicted molar refractivity (Wildman–Crippen MR) is 98.7 cm³/mol. The molecule has 3 N–H and O–H groups in total. The van der Waals surface area contributed by atoms with Crippen molar-refractivity contribution in [1.82, 2.24) is 15.1 Å². The molecule has 0 aromatic carbocycles. The number of likely N-dealkylation sites (N-methyl/N-ethyl adjacent to an activating group) is 1. The molecule has 0 aromatic heterocycles. The molecule has 1 heterocycles. The van der Waals surface area contributed by atoms with Crippen LogP contribution in [0, 0.1) is 0 Å². The fraction of sp³-hybridized carbons (Fsp3) is 0.929. The number of nitrogens with two attached hydrogens (primary N) is 1. The molecule has 0 atom stereocenters. The third-order valence-corrected chi connectivity index (χ3v) is 4.57. The van der Waals surface area contributed by atoms with Gasteiger partial charge in [-0.1, -0.05) is 19.8 Å². The number of nitrogens with zero attached hydrogens (tertiary/aromatic N) is 2. The third-order valence-electron chi connectivity index (χ3n) is 4.57. The van der Waals surface area contributed by atoms with E-state index in [1.54, 1.807) is 0 Å². The highest BCUT2D eigenvalue weighted by molar-refractivity contribution is 5.86. The van der Waals surface area contributed by atoms with Gasteiger partial charge in [0, 0.05) is 39.3 Å². The van der Waals surface area contributed by atoms with Gasteiger partial charge in [0.15, 0.2) is 0 Å². The Labute approximate surface area is 153 Å². The van der Waals surface area contributed by atoms with Crippen molar-refractivity contribution >= 4 is 43.1 Å². The van der Waals surface area contributed by atoms with Crippen molar-refractivity contribution in [3.05, 3.63) is 0 Å². The predicted octanol–water partition coefficient (Wildman–Crippen LogP) is 1.28. The minimum Gasteiger partial charge on any atom is -0.353 e. The van der Waals surface area contributed by atoms with Crippen LogP contribution in [0.5, 0.6) is 0 Å². The number of carbonyl (C=O) groups excluding carboxylic acids is 1. The second kappa shape index (κ2) is 11.7. The van der Waals surface area contributed by atoms with Crippen LogP contribution in [-0.4, -0.2) is 67.1 Å². The fourth-order valence-corrected chi connectivity index (χ4v) is 3.07. The highest BCUT2D eigenvalue weighted by Gasteiger charge is 2.36. The molecular weight excluding hydrogens is 347 g/mol. The SMILES string of the molecule is CCN1CCN(CCNC(=O)C2(N)CCCC2)CC1.Cl.Cl.Cl. The maximum Gasteiger partial charge on any atom is 0.240 e. The summed E-state index contributed by atoms with van der Waals surface area (Å²) in [6.07, 6.45) is 3.85. The van der Waals surface area contributed by atoms with Gasteiger partial charge in [0.1, 0.15) is 0 Å². The molecule has 0 unspecified atom stereocenters. The van der Waals surface area contributed by atoms with Gasteiger partial charge in [-0.3, -0.25) is 9.69 Å². The van der Waals surface area contributed by atoms with E-state index >= 15 is 0 Å². The minimum absolute atomic E-state index is 0. The molecule has 1 saturated carbocycles. The molecule has 1 aliphatic carbocycles. The second-order valence-corrected chi connectivity index (χ2v) is 5.90. The zero-order valence-corrected chi connectivity index (χ0v) is 15.8. The Morgan fingerprint density at radius 3 is 2.05 bits per heavy atom. The smallest absolute Gasteiger partial charge is 0.240 e. The molecular formula is C14H31Cl3N4O. The lowest BCUT2D eigenvalue weighted by molar-refractivity contribution is -0.126. The zero-order chi connectivity index (χ0) is 13.7. The normalized spacial score (nSPS) is 21.2. The average molecular weight is 378 g/mol. The first kappa shape index (κ1) is 24.5. The number of halogens is 3. The van der Waals surface area contributed by atoms with E-state index in [-0.39, 0.29) is 43.1 Å². The van der Waals surface area contributed by atoms with Gasteiger partial charge >= 0.3 is 0 Å². The monoisotopic (exact) mass is 376 g/mol. The van der Waals surface area contributed by atoms with Gasteiger partial charge in [0.2, 0.25) is 5.91 Å². The van der Waals surface area contributed by atoms with Crippen LogP contribution in [0.25, 0.3) is 0 Å². The third kappa shape index (κ3) is 6.77. The summed E-state index contributed by atoms with van der Waals surface area (Å²) in [5.41, 5.74) is 5.54. The van der Waals surface area contributed by atoms with Crippen LogP contribution in [0.2, 0.25) is 0 Å². The fourth-order valence-electron chi connectivity index (χ4n) is 3.07. The van der Waals surface area contributed by atoms with E-state index in [1.165, 1.54) is 0 Å². The molecule has 0 spiro atoms. The van der Waals surface area contributed by atoms with Gasteiger partial charge in [0.25, 0.3) is 0 Å². The van der Waals surface area contributed by atoms with Crippen LogP contribution in [0.15, 0.2) is 0 Å². The van der Waals surface area contributed by atoms with Crippen LogP contribution >= 0.6 is 37.2 Å². The molecule has 8 heteroatoms. The van der Waals surface area contributed by atoms with Crippen molar-refractivity contribution in [2.45, 2.75) is 38.1 Å². The lowest BCUT2D eigenvalue weighted by Crippen LogP contribution is -2.54. The molecule has 1 aliphatic heterocycles. The molecule has 1 amide bonds. The summed E-state index contributed by atoms with van der Waals surface area (Å²) in [5, 5.41) is 3.02. The number of hydrogen-bond acceptors (Lipinski definition) is 4. The van der Waals surface area contributed by atoms with E-state index in [2.05, 4.69) is 22.0 Å². The summed E-state index contributed by atoms with van der Waals surface area (Å²) in [4.78, 5) is 16.9. The quantitative estimate of drug-likeness (QED) is 0.757. The van der Waals surface area contributed by atoms with Gasteiger partial charge in [-0.25, -0.2) is 0 Å². The van der Waals surface area contributed by atoms with Crippen molar-refractivity contribution in [2.75, 3.05) is 45.8 Å². The number of amides is 1. The zero-order valence-electron chi connectivity index (χ0n) is 13.4. The van der Waals surface area contributed by atoms with Crippen molar-refractivity contribution in [3.63, 3.8) is 0 Å². The lowest BCUT2D eigenvalue weighted by atomic mass is 9.98. The van der Waals surface area contributed by atoms with Crippen molar-refractivity contribution in [2.24, 2.45) is 5.73 Å². The van der Waals surface area contributed by atoms with Crippen molar-refractivity contribution < 1.29 is 4.79 Å². The molecule has 22 heavy (non-hydrogen) atoms. The Hall–Kier alpha value is 0.220. The molecule has 2 aliphatic rings. The molecule has 0 radical (unpaired) electrons. The standard InChI is InChI=1S/C14H28N4O.3ClH/c1-2-17-9-11-18(12-10-17)8-7-16-13(19)14(15)5-3-4-6-14;;;/h2-12,15H2,1H3,(H,16,19);3*1H. The van der Waals surface area contributed by atoms with Crippen LogP contribution in [0.1, 0.15) is 32.6 Å². The Balaban J connectivity index is 0. The van der Waals surface area contributed by atoms with E-state index in [0.717, 1.165) is 71.5 Å². The summed E-state index contributed by atoms with van der Waals surface area (Å²) in [7, 11) is 0. The molecule has 134 valence electrons. The first-order valence-corrected chi connectivity index (χ1v) is 7.66. The number of hydrogen-bond donors (Lipinski definition) is 2. The van der Waals surface area contributed by atoms with Gasteiger partial charge in [-0.15, -0.1) is 37.2 Å². The van der Waals surface area contributed by atoms with E-state index in [1.807, 2.05) is 0 Å². The van der Waals surface area contributed by atoms with Crippen LogP contribution in [0.4, 0.5) is 0 Å². The van der Waals surface area contributed by atoms with Crippen LogP contribution in [0.3, 0.4) is 0 Å². The number of nitrogens with one attached hydrogen (secondary N) is 1. The second-order valence-electron chi connectivity index (χ2n) is 5.90. The summed E-state index contributed by atoms with van der Waals surface area (Å²) < 4.78 is 0. The maximum absolute atomic E-state index is 12.0. The van der Waals surface area contributed by atoms with E-state index < -0.39 is 5.54 Å². The Kier molecular flexibility index (Phi) is 13.0. The van der Waals surface area contributed by atoms with Gasteiger partial charge in [-0.2, -0.15) is 0 Å². The van der Waals surface area contributed by atoms with Crippen LogP contribution in [-0.2, 0) is 4.79 Å². The van der Waals surface area contributed by atoms with Gasteiger partial charge in [0.05, 0.1) is 5.54 Å². The first-order chi connectivity index (χ1) is 9.14. The topological polar surface area (TPSA) is 61.6 Å². The number of carbonyl (C=O) groups is 1. The molecule has 2 fully saturated rings. The number of rotatable bonds is 5. The highest BCUT2D eigenvalue weighted by Crippen LogP contribution is 2.27. The van der Waals surface area contributed by atoms with Gasteiger partial charge in [-0.05, 0) is 19.4 Å². The van der Waals surface area contributed by atoms with Crippen molar-refractivity contribution in [3.8, 4) is 0 Å². The molecule has 0 aromatic rings. The van der Waals surface area contributed by atoms with Gasteiger partial charge < -0.3 is 16.0 Å².